The van der Waals surface area contributed by atoms with E-state index in [2.05, 4.69) is 26.0 Å². The monoisotopic (exact) mass is 502 g/mol. The van der Waals surface area contributed by atoms with Gasteiger partial charge in [-0.2, -0.15) is 0 Å². The van der Waals surface area contributed by atoms with Crippen molar-refractivity contribution in [2.75, 3.05) is 10.5 Å². The molecule has 0 bridgehead atoms. The number of hydrogen-bond donors (Lipinski definition) is 2. The Labute approximate surface area is 182 Å². The molecule has 0 radical (unpaired) electrons. The summed E-state index contributed by atoms with van der Waals surface area (Å²) >= 11 is 3.26. The standard InChI is InChI=1S/C20H21BrF2N2O4S/c1-2-30(27,28)25-17-11-15(21)19(29-18-8-7-12(22)9-16(18)23)10-14(17)20(26)24-13-5-3-4-6-13/h7-11,13,25H,2-6H2,1H3,(H,24,26). The van der Waals surface area contributed by atoms with Gasteiger partial charge in [0.15, 0.2) is 11.6 Å². The van der Waals surface area contributed by atoms with Crippen LogP contribution in [-0.2, 0) is 10.0 Å². The average molecular weight is 503 g/mol. The van der Waals surface area contributed by atoms with Crippen molar-refractivity contribution in [3.05, 3.63) is 52.0 Å². The highest BCUT2D eigenvalue weighted by molar-refractivity contribution is 9.10. The SMILES string of the molecule is CCS(=O)(=O)Nc1cc(Br)c(Oc2ccc(F)cc2F)cc1C(=O)NC1CCCC1. The van der Waals surface area contributed by atoms with Crippen LogP contribution < -0.4 is 14.8 Å². The third-order valence-corrected chi connectivity index (χ3v) is 6.68. The van der Waals surface area contributed by atoms with Crippen LogP contribution in [0.5, 0.6) is 11.5 Å². The average Bonchev–Trinajstić information content (AvgIpc) is 3.18. The summed E-state index contributed by atoms with van der Waals surface area (Å²) in [5.41, 5.74) is 0.116. The van der Waals surface area contributed by atoms with Gasteiger partial charge < -0.3 is 10.1 Å². The van der Waals surface area contributed by atoms with E-state index in [1.807, 2.05) is 0 Å². The summed E-state index contributed by atoms with van der Waals surface area (Å²) < 4.78 is 59.5. The molecule has 10 heteroatoms. The van der Waals surface area contributed by atoms with Crippen molar-refractivity contribution in [1.82, 2.24) is 5.32 Å². The van der Waals surface area contributed by atoms with Crippen molar-refractivity contribution in [3.8, 4) is 11.5 Å². The highest BCUT2D eigenvalue weighted by Gasteiger charge is 2.23. The number of carbonyl (C=O) groups is 1. The highest BCUT2D eigenvalue weighted by Crippen LogP contribution is 2.36. The molecular weight excluding hydrogens is 482 g/mol. The number of sulfonamides is 1. The first-order chi connectivity index (χ1) is 14.2. The summed E-state index contributed by atoms with van der Waals surface area (Å²) in [6.07, 6.45) is 3.72. The Bertz CT molecular complexity index is 1060. The molecule has 1 saturated carbocycles. The minimum atomic E-state index is -3.65. The van der Waals surface area contributed by atoms with E-state index in [1.54, 1.807) is 0 Å². The van der Waals surface area contributed by atoms with E-state index in [4.69, 9.17) is 4.74 Å². The lowest BCUT2D eigenvalue weighted by Gasteiger charge is -2.18. The van der Waals surface area contributed by atoms with Gasteiger partial charge in [0.05, 0.1) is 21.5 Å². The normalized spacial score (nSPS) is 14.5. The lowest BCUT2D eigenvalue weighted by molar-refractivity contribution is 0.0938. The lowest BCUT2D eigenvalue weighted by atomic mass is 10.1. The Kier molecular flexibility index (Phi) is 6.97. The van der Waals surface area contributed by atoms with E-state index in [0.29, 0.717) is 6.07 Å². The Balaban J connectivity index is 1.98. The van der Waals surface area contributed by atoms with Crippen LogP contribution in [0.3, 0.4) is 0 Å². The topological polar surface area (TPSA) is 84.5 Å². The molecule has 2 aromatic carbocycles. The number of carbonyl (C=O) groups excluding carboxylic acids is 1. The number of anilines is 1. The fraction of sp³-hybridized carbons (Fsp3) is 0.350. The van der Waals surface area contributed by atoms with E-state index in [1.165, 1.54) is 19.1 Å². The molecule has 2 N–H and O–H groups in total. The van der Waals surface area contributed by atoms with Gasteiger partial charge in [-0.1, -0.05) is 12.8 Å². The van der Waals surface area contributed by atoms with Gasteiger partial charge in [-0.3, -0.25) is 9.52 Å². The number of rotatable bonds is 7. The zero-order valence-corrected chi connectivity index (χ0v) is 18.6. The Morgan fingerprint density at radius 1 is 1.17 bits per heavy atom. The minimum absolute atomic E-state index is 0.00990. The van der Waals surface area contributed by atoms with Crippen LogP contribution in [0.25, 0.3) is 0 Å². The van der Waals surface area contributed by atoms with Crippen LogP contribution in [0.2, 0.25) is 0 Å². The third-order valence-electron chi connectivity index (χ3n) is 4.77. The van der Waals surface area contributed by atoms with E-state index in [-0.39, 0.29) is 39.0 Å². The minimum Gasteiger partial charge on any atom is -0.453 e. The largest absolute Gasteiger partial charge is 0.453 e. The molecule has 162 valence electrons. The molecule has 1 aliphatic carbocycles. The molecule has 0 aliphatic heterocycles. The predicted octanol–water partition coefficient (Wildman–Crippen LogP) is 4.95. The van der Waals surface area contributed by atoms with Crippen LogP contribution in [0.4, 0.5) is 14.5 Å². The summed E-state index contributed by atoms with van der Waals surface area (Å²) in [4.78, 5) is 12.9. The molecule has 0 unspecified atom stereocenters. The molecular formula is C20H21BrF2N2O4S. The Morgan fingerprint density at radius 2 is 1.87 bits per heavy atom. The number of nitrogens with one attached hydrogen (secondary N) is 2. The molecule has 0 aromatic heterocycles. The summed E-state index contributed by atoms with van der Waals surface area (Å²) in [7, 11) is -3.65. The first-order valence-electron chi connectivity index (χ1n) is 9.46. The molecule has 0 heterocycles. The second-order valence-corrected chi connectivity index (χ2v) is 9.83. The second kappa shape index (κ2) is 9.30. The molecule has 1 amide bonds. The first kappa shape index (κ1) is 22.5. The molecule has 3 rings (SSSR count). The quantitative estimate of drug-likeness (QED) is 0.560. The van der Waals surface area contributed by atoms with Crippen molar-refractivity contribution >= 4 is 37.5 Å². The number of benzene rings is 2. The fourth-order valence-electron chi connectivity index (χ4n) is 3.15. The second-order valence-electron chi connectivity index (χ2n) is 6.97. The van der Waals surface area contributed by atoms with Gasteiger partial charge in [0.1, 0.15) is 11.6 Å². The predicted molar refractivity (Wildman–Crippen MR) is 113 cm³/mol. The number of hydrogen-bond acceptors (Lipinski definition) is 4. The van der Waals surface area contributed by atoms with Crippen molar-refractivity contribution in [2.45, 2.75) is 38.6 Å². The molecule has 2 aromatic rings. The van der Waals surface area contributed by atoms with Gasteiger partial charge >= 0.3 is 0 Å². The molecule has 6 nitrogen and oxygen atoms in total. The number of amides is 1. The Hall–Kier alpha value is -2.20. The Morgan fingerprint density at radius 3 is 2.50 bits per heavy atom. The summed E-state index contributed by atoms with van der Waals surface area (Å²) in [5.74, 6) is -2.45. The van der Waals surface area contributed by atoms with Gasteiger partial charge in [-0.15, -0.1) is 0 Å². The maximum absolute atomic E-state index is 14.0. The van der Waals surface area contributed by atoms with Crippen molar-refractivity contribution in [1.29, 1.82) is 0 Å². The number of halogens is 3. The van der Waals surface area contributed by atoms with Crippen LogP contribution in [0, 0.1) is 11.6 Å². The van der Waals surface area contributed by atoms with Crippen LogP contribution in [-0.4, -0.2) is 26.1 Å². The smallest absolute Gasteiger partial charge is 0.253 e. The molecule has 0 spiro atoms. The third kappa shape index (κ3) is 5.48. The maximum Gasteiger partial charge on any atom is 0.253 e. The molecule has 0 saturated heterocycles. The molecule has 1 aliphatic rings. The first-order valence-corrected chi connectivity index (χ1v) is 11.9. The maximum atomic E-state index is 14.0. The van der Waals surface area contributed by atoms with Crippen LogP contribution >= 0.6 is 15.9 Å². The van der Waals surface area contributed by atoms with Crippen molar-refractivity contribution < 1.29 is 26.7 Å². The van der Waals surface area contributed by atoms with E-state index in [9.17, 15) is 22.0 Å². The zero-order chi connectivity index (χ0) is 21.9. The van der Waals surface area contributed by atoms with Gasteiger partial charge in [0, 0.05) is 12.1 Å². The van der Waals surface area contributed by atoms with E-state index < -0.39 is 27.6 Å². The number of ether oxygens (including phenoxy) is 1. The van der Waals surface area contributed by atoms with Crippen LogP contribution in [0.15, 0.2) is 34.8 Å². The zero-order valence-electron chi connectivity index (χ0n) is 16.2. The summed E-state index contributed by atoms with van der Waals surface area (Å²) in [6, 6.07) is 5.57. The fourth-order valence-corrected chi connectivity index (χ4v) is 4.23. The van der Waals surface area contributed by atoms with Gasteiger partial charge in [-0.05, 0) is 60.0 Å². The van der Waals surface area contributed by atoms with E-state index in [0.717, 1.165) is 37.8 Å². The van der Waals surface area contributed by atoms with E-state index >= 15 is 0 Å². The molecule has 0 atom stereocenters. The molecule has 30 heavy (non-hydrogen) atoms. The lowest BCUT2D eigenvalue weighted by Crippen LogP contribution is -2.33. The summed E-state index contributed by atoms with van der Waals surface area (Å²) in [5, 5.41) is 2.90. The van der Waals surface area contributed by atoms with Crippen molar-refractivity contribution in [3.63, 3.8) is 0 Å². The molecule has 1 fully saturated rings. The highest BCUT2D eigenvalue weighted by atomic mass is 79.9. The van der Waals surface area contributed by atoms with Gasteiger partial charge in [0.25, 0.3) is 5.91 Å². The van der Waals surface area contributed by atoms with Crippen molar-refractivity contribution in [2.24, 2.45) is 0 Å². The summed E-state index contributed by atoms with van der Waals surface area (Å²) in [6.45, 7) is 1.48. The van der Waals surface area contributed by atoms with Gasteiger partial charge in [-0.25, -0.2) is 17.2 Å². The van der Waals surface area contributed by atoms with Gasteiger partial charge in [0.2, 0.25) is 10.0 Å². The van der Waals surface area contributed by atoms with Crippen LogP contribution in [0.1, 0.15) is 43.0 Å².